The van der Waals surface area contributed by atoms with Crippen LogP contribution in [0.5, 0.6) is 0 Å². The van der Waals surface area contributed by atoms with Gasteiger partial charge in [-0.3, -0.25) is 9.59 Å². The van der Waals surface area contributed by atoms with Gasteiger partial charge in [-0.2, -0.15) is 0 Å². The molecular formula is C81H159NO5. The van der Waals surface area contributed by atoms with Gasteiger partial charge in [0.05, 0.1) is 25.4 Å². The van der Waals surface area contributed by atoms with Crippen LogP contribution in [0.15, 0.2) is 12.2 Å². The maximum absolute atomic E-state index is 12.6. The Hall–Kier alpha value is -1.40. The van der Waals surface area contributed by atoms with Crippen LogP contribution >= 0.6 is 0 Å². The van der Waals surface area contributed by atoms with E-state index in [-0.39, 0.29) is 18.5 Å². The summed E-state index contributed by atoms with van der Waals surface area (Å²) in [4.78, 5) is 24.7. The molecule has 0 aromatic rings. The van der Waals surface area contributed by atoms with Crippen molar-refractivity contribution in [3.8, 4) is 0 Å². The summed E-state index contributed by atoms with van der Waals surface area (Å²) in [5.41, 5.74) is 0. The molecular weight excluding hydrogens is 1070 g/mol. The average molecular weight is 1230 g/mol. The highest BCUT2D eigenvalue weighted by Crippen LogP contribution is 2.21. The maximum atomic E-state index is 12.6. The third kappa shape index (κ3) is 73.5. The highest BCUT2D eigenvalue weighted by Gasteiger charge is 2.20. The number of ether oxygens (including phenoxy) is 1. The summed E-state index contributed by atoms with van der Waals surface area (Å²) < 4.78 is 5.49. The first-order valence-corrected chi connectivity index (χ1v) is 40.4. The summed E-state index contributed by atoms with van der Waals surface area (Å²) in [6.45, 7) is 5.00. The van der Waals surface area contributed by atoms with Crippen molar-refractivity contribution in [3.63, 3.8) is 0 Å². The minimum absolute atomic E-state index is 0.0134. The third-order valence-electron chi connectivity index (χ3n) is 19.3. The number of aliphatic hydroxyl groups excluding tert-OH is 2. The summed E-state index contributed by atoms with van der Waals surface area (Å²) in [5.74, 6) is -0.0109. The molecule has 2 atom stereocenters. The summed E-state index contributed by atoms with van der Waals surface area (Å²) in [7, 11) is 0. The van der Waals surface area contributed by atoms with E-state index in [2.05, 4.69) is 31.3 Å². The molecule has 0 aliphatic rings. The van der Waals surface area contributed by atoms with E-state index in [0.29, 0.717) is 25.9 Å². The molecule has 0 radical (unpaired) electrons. The number of aliphatic hydroxyl groups is 2. The zero-order chi connectivity index (χ0) is 62.8. The van der Waals surface area contributed by atoms with Crippen LogP contribution in [0.1, 0.15) is 470 Å². The Balaban J connectivity index is 3.33. The first-order chi connectivity index (χ1) is 43.0. The largest absolute Gasteiger partial charge is 0.466 e. The van der Waals surface area contributed by atoms with Crippen LogP contribution in [-0.4, -0.2) is 47.4 Å². The van der Waals surface area contributed by atoms with Gasteiger partial charge in [-0.25, -0.2) is 0 Å². The molecule has 87 heavy (non-hydrogen) atoms. The molecule has 0 rings (SSSR count). The van der Waals surface area contributed by atoms with Crippen LogP contribution in [0, 0.1) is 0 Å². The monoisotopic (exact) mass is 1230 g/mol. The first kappa shape index (κ1) is 85.6. The average Bonchev–Trinajstić information content (AvgIpc) is 3.52. The van der Waals surface area contributed by atoms with Gasteiger partial charge in [-0.1, -0.05) is 418 Å². The van der Waals surface area contributed by atoms with Crippen molar-refractivity contribution >= 4 is 11.9 Å². The molecule has 1 amide bonds. The topological polar surface area (TPSA) is 95.9 Å². The summed E-state index contributed by atoms with van der Waals surface area (Å²) in [5, 5.41) is 23.5. The quantitative estimate of drug-likeness (QED) is 0.0320. The minimum atomic E-state index is -0.662. The lowest BCUT2D eigenvalue weighted by Gasteiger charge is -2.22. The van der Waals surface area contributed by atoms with E-state index in [1.54, 1.807) is 0 Å². The van der Waals surface area contributed by atoms with Crippen LogP contribution in [0.4, 0.5) is 0 Å². The molecule has 0 aromatic heterocycles. The number of carbonyl (C=O) groups is 2. The minimum Gasteiger partial charge on any atom is -0.466 e. The van der Waals surface area contributed by atoms with Crippen molar-refractivity contribution in [1.29, 1.82) is 0 Å². The summed E-state index contributed by atoms with van der Waals surface area (Å²) >= 11 is 0. The fourth-order valence-corrected chi connectivity index (χ4v) is 13.2. The summed E-state index contributed by atoms with van der Waals surface area (Å²) in [6, 6.07) is -0.539. The molecule has 0 aliphatic heterocycles. The number of hydrogen-bond donors (Lipinski definition) is 3. The van der Waals surface area contributed by atoms with Gasteiger partial charge in [0.25, 0.3) is 0 Å². The van der Waals surface area contributed by atoms with Crippen LogP contribution in [-0.2, 0) is 14.3 Å². The second-order valence-corrected chi connectivity index (χ2v) is 28.1. The fraction of sp³-hybridized carbons (Fsp3) is 0.951. The molecule has 6 nitrogen and oxygen atoms in total. The fourth-order valence-electron chi connectivity index (χ4n) is 13.2. The lowest BCUT2D eigenvalue weighted by Crippen LogP contribution is -2.45. The number of esters is 1. The van der Waals surface area contributed by atoms with Crippen LogP contribution in [0.25, 0.3) is 0 Å². The van der Waals surface area contributed by atoms with Crippen LogP contribution in [0.3, 0.4) is 0 Å². The van der Waals surface area contributed by atoms with E-state index in [9.17, 15) is 19.8 Å². The van der Waals surface area contributed by atoms with Crippen molar-refractivity contribution in [2.75, 3.05) is 13.2 Å². The number of unbranched alkanes of at least 4 members (excludes halogenated alkanes) is 64. The van der Waals surface area contributed by atoms with Gasteiger partial charge in [0.15, 0.2) is 0 Å². The Morgan fingerprint density at radius 2 is 0.540 bits per heavy atom. The lowest BCUT2D eigenvalue weighted by molar-refractivity contribution is -0.143. The highest BCUT2D eigenvalue weighted by molar-refractivity contribution is 5.76. The van der Waals surface area contributed by atoms with Gasteiger partial charge in [-0.15, -0.1) is 0 Å². The Labute approximate surface area is 546 Å². The van der Waals surface area contributed by atoms with E-state index in [1.165, 1.54) is 392 Å². The molecule has 3 N–H and O–H groups in total. The Bertz CT molecular complexity index is 1320. The van der Waals surface area contributed by atoms with E-state index in [0.717, 1.165) is 44.9 Å². The van der Waals surface area contributed by atoms with Gasteiger partial charge < -0.3 is 20.3 Å². The maximum Gasteiger partial charge on any atom is 0.305 e. The second kappa shape index (κ2) is 77.1. The van der Waals surface area contributed by atoms with Gasteiger partial charge in [-0.05, 0) is 51.4 Å². The van der Waals surface area contributed by atoms with Crippen LogP contribution in [0.2, 0.25) is 0 Å². The van der Waals surface area contributed by atoms with Crippen LogP contribution < -0.4 is 5.32 Å². The van der Waals surface area contributed by atoms with Gasteiger partial charge >= 0.3 is 5.97 Å². The number of nitrogens with one attached hydrogen (secondary N) is 1. The lowest BCUT2D eigenvalue weighted by atomic mass is 10.0. The highest BCUT2D eigenvalue weighted by atomic mass is 16.5. The van der Waals surface area contributed by atoms with Gasteiger partial charge in [0, 0.05) is 12.8 Å². The number of hydrogen-bond acceptors (Lipinski definition) is 5. The van der Waals surface area contributed by atoms with Crippen molar-refractivity contribution in [1.82, 2.24) is 5.32 Å². The van der Waals surface area contributed by atoms with Crippen molar-refractivity contribution in [2.45, 2.75) is 482 Å². The predicted octanol–water partition coefficient (Wildman–Crippen LogP) is 26.7. The SMILES string of the molecule is CCCCCCC/C=C\CCCCCCCC(=O)OCCCCCCCCCCCCCCCCCCCCCCCCCCCCCCCCCC(=O)NC(CO)C(O)CCCCCCCCCCCCCCCCCCCCCCCCCCC. The van der Waals surface area contributed by atoms with Crippen molar-refractivity contribution in [3.05, 3.63) is 12.2 Å². The molecule has 0 aliphatic carbocycles. The molecule has 2 unspecified atom stereocenters. The second-order valence-electron chi connectivity index (χ2n) is 28.1. The molecule has 0 spiro atoms. The van der Waals surface area contributed by atoms with E-state index < -0.39 is 12.1 Å². The molecule has 0 saturated carbocycles. The number of rotatable bonds is 77. The van der Waals surface area contributed by atoms with Crippen molar-refractivity contribution < 1.29 is 24.5 Å². The molecule has 0 saturated heterocycles. The first-order valence-electron chi connectivity index (χ1n) is 40.4. The Morgan fingerprint density at radius 1 is 0.310 bits per heavy atom. The third-order valence-corrected chi connectivity index (χ3v) is 19.3. The van der Waals surface area contributed by atoms with Gasteiger partial charge in [0.1, 0.15) is 0 Å². The smallest absolute Gasteiger partial charge is 0.305 e. The van der Waals surface area contributed by atoms with E-state index in [1.807, 2.05) is 0 Å². The predicted molar refractivity (Wildman–Crippen MR) is 384 cm³/mol. The molecule has 0 fully saturated rings. The standard InChI is InChI=1S/C81H159NO5/c1-3-5-7-9-11-13-15-17-19-20-21-22-23-31-34-37-40-43-46-49-53-57-61-65-69-73-79(84)78(77-83)82-80(85)74-70-66-62-58-54-50-47-44-41-38-35-32-29-27-25-24-26-28-30-33-36-39-42-45-48-52-56-60-64-68-72-76-87-81(86)75-71-67-63-59-55-51-18-16-14-12-10-8-6-4-2/h16,18,78-79,83-84H,3-15,17,19-77H2,1-2H3,(H,82,85)/b18-16-. The van der Waals surface area contributed by atoms with Gasteiger partial charge in [0.2, 0.25) is 5.91 Å². The summed E-state index contributed by atoms with van der Waals surface area (Å²) in [6.07, 6.45) is 97.4. The molecule has 0 aromatic carbocycles. The zero-order valence-electron chi connectivity index (χ0n) is 59.5. The molecule has 6 heteroatoms. The molecule has 0 bridgehead atoms. The van der Waals surface area contributed by atoms with E-state index >= 15 is 0 Å². The van der Waals surface area contributed by atoms with E-state index in [4.69, 9.17) is 4.74 Å². The number of carbonyl (C=O) groups excluding carboxylic acids is 2. The number of allylic oxidation sites excluding steroid dienone is 2. The Kier molecular flexibility index (Phi) is 75.8. The Morgan fingerprint density at radius 3 is 0.816 bits per heavy atom. The zero-order valence-corrected chi connectivity index (χ0v) is 59.5. The normalized spacial score (nSPS) is 12.5. The molecule has 0 heterocycles. The number of amides is 1. The molecule has 518 valence electrons. The van der Waals surface area contributed by atoms with Crippen molar-refractivity contribution in [2.24, 2.45) is 0 Å².